The molecule has 28 heavy (non-hydrogen) atoms. The van der Waals surface area contributed by atoms with E-state index in [0.29, 0.717) is 41.5 Å². The highest BCUT2D eigenvalue weighted by Gasteiger charge is 2.11. The molecule has 2 aromatic carbocycles. The number of nitrogens with zero attached hydrogens (tertiary/aromatic N) is 1. The summed E-state index contributed by atoms with van der Waals surface area (Å²) in [6.45, 7) is 3.88. The molecule has 5 nitrogen and oxygen atoms in total. The molecule has 6 heteroatoms. The number of pyridine rings is 1. The Balaban J connectivity index is 1.90. The van der Waals surface area contributed by atoms with Gasteiger partial charge in [0.15, 0.2) is 0 Å². The fourth-order valence-corrected chi connectivity index (χ4v) is 3.26. The molecule has 0 radical (unpaired) electrons. The maximum atomic E-state index is 11.9. The number of ketones is 1. The summed E-state index contributed by atoms with van der Waals surface area (Å²) in [5.41, 5.74) is 3.16. The highest BCUT2D eigenvalue weighted by molar-refractivity contribution is 6.31. The third kappa shape index (κ3) is 4.49. The summed E-state index contributed by atoms with van der Waals surface area (Å²) in [7, 11) is 0. The Morgan fingerprint density at radius 2 is 2.07 bits per heavy atom. The number of carbonyl (C=O) groups excluding carboxylic acids is 2. The molecule has 0 aliphatic carbocycles. The first-order valence-electron chi connectivity index (χ1n) is 9.09. The minimum atomic E-state index is 0.170. The molecule has 0 fully saturated rings. The third-order valence-corrected chi connectivity index (χ3v) is 4.78. The number of ether oxygens (including phenoxy) is 1. The molecule has 0 spiro atoms. The molecular weight excluding hydrogens is 376 g/mol. The maximum Gasteiger partial charge on any atom is 0.211 e. The zero-order chi connectivity index (χ0) is 20.1. The van der Waals surface area contributed by atoms with E-state index in [9.17, 15) is 9.59 Å². The first-order valence-corrected chi connectivity index (χ1v) is 9.47. The van der Waals surface area contributed by atoms with Gasteiger partial charge in [0.1, 0.15) is 17.3 Å². The number of nitrogens with one attached hydrogen (secondary N) is 1. The van der Waals surface area contributed by atoms with Crippen molar-refractivity contribution < 1.29 is 14.3 Å². The number of anilines is 1. The van der Waals surface area contributed by atoms with Crippen LogP contribution in [0.3, 0.4) is 0 Å². The van der Waals surface area contributed by atoms with Gasteiger partial charge in [0, 0.05) is 35.1 Å². The fourth-order valence-electron chi connectivity index (χ4n) is 3.02. The van der Waals surface area contributed by atoms with Crippen molar-refractivity contribution in [2.24, 2.45) is 0 Å². The lowest BCUT2D eigenvalue weighted by Gasteiger charge is -2.12. The van der Waals surface area contributed by atoms with Crippen molar-refractivity contribution in [3.05, 3.63) is 58.7 Å². The van der Waals surface area contributed by atoms with Gasteiger partial charge in [0.05, 0.1) is 5.52 Å². The van der Waals surface area contributed by atoms with Crippen LogP contribution in [0.1, 0.15) is 30.9 Å². The summed E-state index contributed by atoms with van der Waals surface area (Å²) in [4.78, 5) is 27.1. The molecule has 3 aromatic rings. The van der Waals surface area contributed by atoms with E-state index in [4.69, 9.17) is 16.3 Å². The van der Waals surface area contributed by atoms with Crippen LogP contribution in [0.4, 0.5) is 5.69 Å². The van der Waals surface area contributed by atoms with Gasteiger partial charge < -0.3 is 10.1 Å². The molecule has 0 unspecified atom stereocenters. The van der Waals surface area contributed by atoms with Gasteiger partial charge in [-0.1, -0.05) is 24.6 Å². The van der Waals surface area contributed by atoms with E-state index in [-0.39, 0.29) is 5.78 Å². The number of Topliss-reactive ketones (excluding diaryl/α,β-unsaturated/α-hetero) is 1. The maximum absolute atomic E-state index is 11.9. The van der Waals surface area contributed by atoms with E-state index >= 15 is 0 Å². The highest BCUT2D eigenvalue weighted by Crippen LogP contribution is 2.33. The van der Waals surface area contributed by atoms with Gasteiger partial charge in [-0.3, -0.25) is 14.6 Å². The molecule has 1 heterocycles. The van der Waals surface area contributed by atoms with Crippen LogP contribution < -0.4 is 10.1 Å². The molecule has 0 saturated heterocycles. The molecule has 0 bridgehead atoms. The number of carbonyl (C=O) groups is 2. The van der Waals surface area contributed by atoms with E-state index in [0.717, 1.165) is 28.5 Å². The van der Waals surface area contributed by atoms with Gasteiger partial charge in [-0.15, -0.1) is 0 Å². The van der Waals surface area contributed by atoms with Crippen LogP contribution in [0.5, 0.6) is 11.5 Å². The molecule has 0 aliphatic rings. The van der Waals surface area contributed by atoms with Gasteiger partial charge >= 0.3 is 0 Å². The second kappa shape index (κ2) is 8.85. The van der Waals surface area contributed by atoms with Crippen LogP contribution in [-0.4, -0.2) is 17.2 Å². The SMILES string of the molecule is CCCC(=O)Cc1ccc(Oc2ccnc3cc(C)c(NC=O)cc23)cc1Cl. The van der Waals surface area contributed by atoms with E-state index < -0.39 is 0 Å². The van der Waals surface area contributed by atoms with Crippen LogP contribution in [0.15, 0.2) is 42.6 Å². The number of aryl methyl sites for hydroxylation is 1. The third-order valence-electron chi connectivity index (χ3n) is 4.43. The predicted molar refractivity (Wildman–Crippen MR) is 111 cm³/mol. The van der Waals surface area contributed by atoms with Gasteiger partial charge in [0.25, 0.3) is 0 Å². The largest absolute Gasteiger partial charge is 0.457 e. The average Bonchev–Trinajstić information content (AvgIpc) is 2.65. The number of amides is 1. The molecule has 0 saturated carbocycles. The molecular formula is C22H21ClN2O3. The number of hydrogen-bond acceptors (Lipinski definition) is 4. The zero-order valence-corrected chi connectivity index (χ0v) is 16.5. The summed E-state index contributed by atoms with van der Waals surface area (Å²) in [5.74, 6) is 1.34. The van der Waals surface area contributed by atoms with Crippen molar-refractivity contribution in [3.8, 4) is 11.5 Å². The monoisotopic (exact) mass is 396 g/mol. The second-order valence-electron chi connectivity index (χ2n) is 6.58. The second-order valence-corrected chi connectivity index (χ2v) is 6.98. The Morgan fingerprint density at radius 3 is 2.79 bits per heavy atom. The standard InChI is InChI=1S/C22H21ClN2O3/c1-3-4-16(27)10-15-5-6-17(11-19(15)23)28-22-7-8-24-21-9-14(2)20(25-13-26)12-18(21)22/h5-9,11-13H,3-4,10H2,1-2H3,(H,25,26). The molecule has 1 N–H and O–H groups in total. The topological polar surface area (TPSA) is 68.3 Å². The number of rotatable bonds is 8. The predicted octanol–water partition coefficient (Wildman–Crippen LogP) is 5.47. The van der Waals surface area contributed by atoms with Gasteiger partial charge in [-0.05, 0) is 54.8 Å². The number of fused-ring (bicyclic) bond motifs is 1. The molecule has 144 valence electrons. The van der Waals surface area contributed by atoms with Crippen LogP contribution in [0, 0.1) is 6.92 Å². The fraction of sp³-hybridized carbons (Fsp3) is 0.227. The first-order chi connectivity index (χ1) is 13.5. The lowest BCUT2D eigenvalue weighted by Crippen LogP contribution is -2.02. The van der Waals surface area contributed by atoms with Gasteiger partial charge in [-0.2, -0.15) is 0 Å². The van der Waals surface area contributed by atoms with E-state index in [2.05, 4.69) is 10.3 Å². The quantitative estimate of drug-likeness (QED) is 0.512. The Morgan fingerprint density at radius 1 is 1.25 bits per heavy atom. The van der Waals surface area contributed by atoms with Gasteiger partial charge in [0.2, 0.25) is 6.41 Å². The summed E-state index contributed by atoms with van der Waals surface area (Å²) < 4.78 is 6.03. The summed E-state index contributed by atoms with van der Waals surface area (Å²) in [6, 6.07) is 10.8. The zero-order valence-electron chi connectivity index (χ0n) is 15.8. The summed E-state index contributed by atoms with van der Waals surface area (Å²) in [6.07, 6.45) is 4.01. The van der Waals surface area contributed by atoms with Crippen LogP contribution >= 0.6 is 11.6 Å². The smallest absolute Gasteiger partial charge is 0.211 e. The van der Waals surface area contributed by atoms with E-state index in [1.807, 2.05) is 32.0 Å². The summed E-state index contributed by atoms with van der Waals surface area (Å²) >= 11 is 6.35. The molecule has 1 aromatic heterocycles. The Bertz CT molecular complexity index is 1030. The van der Waals surface area contributed by atoms with E-state index in [1.54, 1.807) is 24.4 Å². The number of aromatic nitrogens is 1. The highest BCUT2D eigenvalue weighted by atomic mass is 35.5. The molecule has 3 rings (SSSR count). The van der Waals surface area contributed by atoms with E-state index in [1.165, 1.54) is 0 Å². The summed E-state index contributed by atoms with van der Waals surface area (Å²) in [5, 5.41) is 3.96. The normalized spacial score (nSPS) is 10.7. The van der Waals surface area contributed by atoms with Crippen molar-refractivity contribution in [2.75, 3.05) is 5.32 Å². The molecule has 1 amide bonds. The first kappa shape index (κ1) is 19.8. The minimum absolute atomic E-state index is 0.170. The number of hydrogen-bond donors (Lipinski definition) is 1. The Hall–Kier alpha value is -2.92. The lowest BCUT2D eigenvalue weighted by atomic mass is 10.1. The number of benzene rings is 2. The van der Waals surface area contributed by atoms with Crippen molar-refractivity contribution >= 4 is 40.4 Å². The van der Waals surface area contributed by atoms with Gasteiger partial charge in [-0.25, -0.2) is 0 Å². The molecule has 0 aliphatic heterocycles. The van der Waals surface area contributed by atoms with Crippen molar-refractivity contribution in [2.45, 2.75) is 33.1 Å². The van der Waals surface area contributed by atoms with Crippen LogP contribution in [0.2, 0.25) is 5.02 Å². The van der Waals surface area contributed by atoms with Crippen LogP contribution in [-0.2, 0) is 16.0 Å². The average molecular weight is 397 g/mol. The Kier molecular flexibility index (Phi) is 6.26. The minimum Gasteiger partial charge on any atom is -0.457 e. The van der Waals surface area contributed by atoms with Crippen molar-refractivity contribution in [3.63, 3.8) is 0 Å². The van der Waals surface area contributed by atoms with Crippen molar-refractivity contribution in [1.82, 2.24) is 4.98 Å². The Labute approximate surface area is 168 Å². The van der Waals surface area contributed by atoms with Crippen molar-refractivity contribution in [1.29, 1.82) is 0 Å². The lowest BCUT2D eigenvalue weighted by molar-refractivity contribution is -0.118. The van der Waals surface area contributed by atoms with Crippen LogP contribution in [0.25, 0.3) is 10.9 Å². The molecule has 0 atom stereocenters. The number of halogens is 1.